The molecular weight excluding hydrogens is 483 g/mol. The molecule has 33 heavy (non-hydrogen) atoms. The molecule has 3 rings (SSSR count). The predicted molar refractivity (Wildman–Crippen MR) is 116 cm³/mol. The lowest BCUT2D eigenvalue weighted by Crippen LogP contribution is -2.48. The smallest absolute Gasteiger partial charge is 0.324 e. The van der Waals surface area contributed by atoms with E-state index < -0.39 is 40.2 Å². The van der Waals surface area contributed by atoms with E-state index in [1.807, 2.05) is 0 Å². The van der Waals surface area contributed by atoms with Gasteiger partial charge in [0.2, 0.25) is 5.91 Å². The van der Waals surface area contributed by atoms with E-state index >= 15 is 0 Å². The summed E-state index contributed by atoms with van der Waals surface area (Å²) in [6.07, 6.45) is -3.29. The van der Waals surface area contributed by atoms with Crippen LogP contribution >= 0.6 is 11.6 Å². The van der Waals surface area contributed by atoms with Crippen LogP contribution in [0.1, 0.15) is 24.0 Å². The van der Waals surface area contributed by atoms with Crippen molar-refractivity contribution in [3.05, 3.63) is 58.6 Å². The van der Waals surface area contributed by atoms with Crippen LogP contribution in [-0.2, 0) is 21.0 Å². The van der Waals surface area contributed by atoms with Gasteiger partial charge < -0.3 is 10.2 Å². The van der Waals surface area contributed by atoms with Crippen LogP contribution in [0.5, 0.6) is 0 Å². The topological polar surface area (TPSA) is 86.8 Å². The van der Waals surface area contributed by atoms with Crippen LogP contribution in [0.15, 0.2) is 47.4 Å². The molecule has 1 aliphatic rings. The number of rotatable bonds is 5. The predicted octanol–water partition coefficient (Wildman–Crippen LogP) is 4.51. The minimum atomic E-state index is -4.67. The molecule has 178 valence electrons. The van der Waals surface area contributed by atoms with E-state index in [4.69, 9.17) is 11.6 Å². The van der Waals surface area contributed by atoms with Crippen molar-refractivity contribution in [2.24, 2.45) is 0 Å². The van der Waals surface area contributed by atoms with Gasteiger partial charge in [-0.15, -0.1) is 0 Å². The van der Waals surface area contributed by atoms with Crippen molar-refractivity contribution in [1.29, 1.82) is 0 Å². The first-order valence-electron chi connectivity index (χ1n) is 9.94. The lowest BCUT2D eigenvalue weighted by molar-refractivity contribution is -0.137. The number of carbonyl (C=O) groups is 2. The Morgan fingerprint density at radius 2 is 1.70 bits per heavy atom. The molecule has 1 aliphatic heterocycles. The van der Waals surface area contributed by atoms with E-state index in [1.165, 1.54) is 17.0 Å². The van der Waals surface area contributed by atoms with Gasteiger partial charge in [0.25, 0.3) is 10.0 Å². The zero-order valence-electron chi connectivity index (χ0n) is 17.5. The first-order valence-corrected chi connectivity index (χ1v) is 11.8. The lowest BCUT2D eigenvalue weighted by atomic mass is 10.2. The Bertz CT molecular complexity index is 1150. The van der Waals surface area contributed by atoms with Crippen molar-refractivity contribution in [1.82, 2.24) is 9.21 Å². The van der Waals surface area contributed by atoms with Gasteiger partial charge in [0, 0.05) is 13.1 Å². The standard InChI is InChI=1S/C21H21ClF3N3O4S/c1-14-4-7-16(8-5-14)33(31,32)28(20(30)27-10-2-3-11-27)13-19(29)26-18-12-15(21(23,24)25)6-9-17(18)22/h4-9,12H,2-3,10-11,13H2,1H3,(H,26,29). The van der Waals surface area contributed by atoms with E-state index in [2.05, 4.69) is 5.32 Å². The maximum absolute atomic E-state index is 13.2. The zero-order chi connectivity index (χ0) is 24.4. The van der Waals surface area contributed by atoms with Crippen LogP contribution in [0, 0.1) is 6.92 Å². The number of amides is 3. The number of anilines is 1. The molecule has 1 fully saturated rings. The van der Waals surface area contributed by atoms with Crippen LogP contribution in [-0.4, -0.2) is 49.2 Å². The van der Waals surface area contributed by atoms with Crippen LogP contribution in [0.4, 0.5) is 23.7 Å². The molecule has 2 aromatic carbocycles. The molecule has 3 amide bonds. The molecule has 1 heterocycles. The van der Waals surface area contributed by atoms with Crippen LogP contribution < -0.4 is 5.32 Å². The number of benzene rings is 2. The summed E-state index contributed by atoms with van der Waals surface area (Å²) in [4.78, 5) is 26.8. The van der Waals surface area contributed by atoms with Gasteiger partial charge in [0.05, 0.1) is 21.2 Å². The number of aryl methyl sites for hydroxylation is 1. The van der Waals surface area contributed by atoms with Gasteiger partial charge in [-0.2, -0.15) is 13.2 Å². The lowest BCUT2D eigenvalue weighted by Gasteiger charge is -2.27. The number of sulfonamides is 1. The van der Waals surface area contributed by atoms with Crippen LogP contribution in [0.25, 0.3) is 0 Å². The third-order valence-electron chi connectivity index (χ3n) is 5.05. The maximum atomic E-state index is 13.2. The minimum absolute atomic E-state index is 0.171. The number of alkyl halides is 3. The molecule has 2 aromatic rings. The van der Waals surface area contributed by atoms with Crippen molar-refractivity contribution in [3.63, 3.8) is 0 Å². The van der Waals surface area contributed by atoms with E-state index in [0.29, 0.717) is 36.3 Å². The summed E-state index contributed by atoms with van der Waals surface area (Å²) in [5.41, 5.74) is -0.597. The van der Waals surface area contributed by atoms with Gasteiger partial charge in [-0.1, -0.05) is 29.3 Å². The number of hydrogen-bond donors (Lipinski definition) is 1. The van der Waals surface area contributed by atoms with Crippen molar-refractivity contribution < 1.29 is 31.2 Å². The molecule has 0 aromatic heterocycles. The number of nitrogens with zero attached hydrogens (tertiary/aromatic N) is 2. The Morgan fingerprint density at radius 1 is 1.09 bits per heavy atom. The molecule has 1 N–H and O–H groups in total. The Kier molecular flexibility index (Phi) is 7.23. The molecule has 0 unspecified atom stereocenters. The number of carbonyl (C=O) groups excluding carboxylic acids is 2. The van der Waals surface area contributed by atoms with E-state index in [1.54, 1.807) is 19.1 Å². The third-order valence-corrected chi connectivity index (χ3v) is 7.12. The molecule has 0 radical (unpaired) electrons. The van der Waals surface area contributed by atoms with Crippen molar-refractivity contribution >= 4 is 39.2 Å². The summed E-state index contributed by atoms with van der Waals surface area (Å²) in [5, 5.41) is 2.01. The van der Waals surface area contributed by atoms with Crippen molar-refractivity contribution in [2.75, 3.05) is 25.0 Å². The summed E-state index contributed by atoms with van der Waals surface area (Å²) < 4.78 is 65.9. The van der Waals surface area contributed by atoms with Gasteiger partial charge in [0.15, 0.2) is 0 Å². The van der Waals surface area contributed by atoms with Gasteiger partial charge in [-0.3, -0.25) is 4.79 Å². The molecule has 0 bridgehead atoms. The molecule has 0 atom stereocenters. The highest BCUT2D eigenvalue weighted by molar-refractivity contribution is 7.89. The fourth-order valence-electron chi connectivity index (χ4n) is 3.28. The number of hydrogen-bond acceptors (Lipinski definition) is 4. The largest absolute Gasteiger partial charge is 0.416 e. The normalized spacial score (nSPS) is 14.3. The molecule has 7 nitrogen and oxygen atoms in total. The highest BCUT2D eigenvalue weighted by Crippen LogP contribution is 2.34. The van der Waals surface area contributed by atoms with E-state index in [0.717, 1.165) is 17.7 Å². The zero-order valence-corrected chi connectivity index (χ0v) is 19.1. The number of halogens is 4. The first kappa shape index (κ1) is 24.8. The molecule has 0 aliphatic carbocycles. The average molecular weight is 504 g/mol. The summed E-state index contributed by atoms with van der Waals surface area (Å²) in [5.74, 6) is -1.01. The molecule has 0 spiro atoms. The van der Waals surface area contributed by atoms with E-state index in [9.17, 15) is 31.2 Å². The Hall–Kier alpha value is -2.79. The summed E-state index contributed by atoms with van der Waals surface area (Å²) in [7, 11) is -4.42. The van der Waals surface area contributed by atoms with Crippen LogP contribution in [0.2, 0.25) is 5.02 Å². The molecular formula is C21H21ClF3N3O4S. The summed E-state index contributed by atoms with van der Waals surface area (Å²) in [6, 6.07) is 7.22. The maximum Gasteiger partial charge on any atom is 0.416 e. The summed E-state index contributed by atoms with van der Waals surface area (Å²) in [6.45, 7) is 1.49. The van der Waals surface area contributed by atoms with Gasteiger partial charge in [-0.25, -0.2) is 17.5 Å². The van der Waals surface area contributed by atoms with Gasteiger partial charge >= 0.3 is 12.2 Å². The fourth-order valence-corrected chi connectivity index (χ4v) is 4.78. The molecule has 1 saturated heterocycles. The Morgan fingerprint density at radius 3 is 2.27 bits per heavy atom. The minimum Gasteiger partial charge on any atom is -0.324 e. The second-order valence-electron chi connectivity index (χ2n) is 7.54. The van der Waals surface area contributed by atoms with Crippen molar-refractivity contribution in [3.8, 4) is 0 Å². The van der Waals surface area contributed by atoms with Crippen molar-refractivity contribution in [2.45, 2.75) is 30.8 Å². The van der Waals surface area contributed by atoms with Gasteiger partial charge in [0.1, 0.15) is 6.54 Å². The monoisotopic (exact) mass is 503 g/mol. The van der Waals surface area contributed by atoms with Gasteiger partial charge in [-0.05, 0) is 50.1 Å². The SMILES string of the molecule is Cc1ccc(S(=O)(=O)N(CC(=O)Nc2cc(C(F)(F)F)ccc2Cl)C(=O)N2CCCC2)cc1. The second kappa shape index (κ2) is 9.60. The Balaban J connectivity index is 1.90. The highest BCUT2D eigenvalue weighted by Gasteiger charge is 2.36. The Labute approximate surface area is 194 Å². The van der Waals surface area contributed by atoms with E-state index in [-0.39, 0.29) is 15.6 Å². The molecule has 0 saturated carbocycles. The summed E-state index contributed by atoms with van der Waals surface area (Å²) >= 11 is 5.90. The molecule has 12 heteroatoms. The van der Waals surface area contributed by atoms with Crippen LogP contribution in [0.3, 0.4) is 0 Å². The number of urea groups is 1. The number of likely N-dealkylation sites (tertiary alicyclic amines) is 1. The average Bonchev–Trinajstić information content (AvgIpc) is 3.27. The second-order valence-corrected chi connectivity index (χ2v) is 9.81. The third kappa shape index (κ3) is 5.77. The quantitative estimate of drug-likeness (QED) is 0.650. The first-order chi connectivity index (χ1) is 15.4. The highest BCUT2D eigenvalue weighted by atomic mass is 35.5. The fraction of sp³-hybridized carbons (Fsp3) is 0.333. The number of nitrogens with one attached hydrogen (secondary N) is 1.